The zero-order chi connectivity index (χ0) is 12.9. The van der Waals surface area contributed by atoms with Crippen LogP contribution in [0.1, 0.15) is 78.6 Å². The summed E-state index contributed by atoms with van der Waals surface area (Å²) < 4.78 is 0. The van der Waals surface area contributed by atoms with Gasteiger partial charge in [-0.1, -0.05) is 59.3 Å². The highest BCUT2D eigenvalue weighted by Gasteiger charge is 2.09. The summed E-state index contributed by atoms with van der Waals surface area (Å²) in [5.74, 6) is 0.331. The molecule has 0 spiro atoms. The van der Waals surface area contributed by atoms with Crippen LogP contribution in [0.15, 0.2) is 0 Å². The molecule has 0 fully saturated rings. The molecule has 0 radical (unpaired) electrons. The van der Waals surface area contributed by atoms with Gasteiger partial charge < -0.3 is 4.90 Å². The SMILES string of the molecule is CCCCCCN(CCCCCC)C(=O)CC. The van der Waals surface area contributed by atoms with Crippen molar-refractivity contribution in [2.24, 2.45) is 0 Å². The van der Waals surface area contributed by atoms with E-state index in [1.807, 2.05) is 6.92 Å². The van der Waals surface area contributed by atoms with Gasteiger partial charge in [-0.3, -0.25) is 4.79 Å². The fraction of sp³-hybridized carbons (Fsp3) is 0.933. The summed E-state index contributed by atoms with van der Waals surface area (Å²) in [5, 5.41) is 0. The van der Waals surface area contributed by atoms with E-state index >= 15 is 0 Å². The molecule has 0 aromatic carbocycles. The van der Waals surface area contributed by atoms with E-state index in [0.717, 1.165) is 13.1 Å². The Balaban J connectivity index is 3.76. The van der Waals surface area contributed by atoms with Crippen LogP contribution in [-0.2, 0) is 4.79 Å². The van der Waals surface area contributed by atoms with E-state index < -0.39 is 0 Å². The minimum absolute atomic E-state index is 0.331. The highest BCUT2D eigenvalue weighted by atomic mass is 16.2. The smallest absolute Gasteiger partial charge is 0.222 e. The first-order valence-electron chi connectivity index (χ1n) is 7.54. The second-order valence-corrected chi connectivity index (χ2v) is 4.86. The van der Waals surface area contributed by atoms with Gasteiger partial charge in [-0.25, -0.2) is 0 Å². The molecule has 0 saturated heterocycles. The van der Waals surface area contributed by atoms with Crippen molar-refractivity contribution in [3.05, 3.63) is 0 Å². The van der Waals surface area contributed by atoms with E-state index in [9.17, 15) is 4.79 Å². The quantitative estimate of drug-likeness (QED) is 0.491. The van der Waals surface area contributed by atoms with Crippen LogP contribution in [0.5, 0.6) is 0 Å². The summed E-state index contributed by atoms with van der Waals surface area (Å²) >= 11 is 0. The second kappa shape index (κ2) is 11.9. The highest BCUT2D eigenvalue weighted by molar-refractivity contribution is 5.75. The predicted octanol–water partition coefficient (Wildman–Crippen LogP) is 4.39. The van der Waals surface area contributed by atoms with E-state index in [-0.39, 0.29) is 0 Å². The van der Waals surface area contributed by atoms with Crippen LogP contribution in [0.2, 0.25) is 0 Å². The molecule has 0 aromatic heterocycles. The molecule has 102 valence electrons. The molecule has 0 unspecified atom stereocenters. The van der Waals surface area contributed by atoms with Crippen LogP contribution in [-0.4, -0.2) is 23.9 Å². The van der Waals surface area contributed by atoms with Crippen LogP contribution in [0, 0.1) is 0 Å². The van der Waals surface area contributed by atoms with Gasteiger partial charge in [0.1, 0.15) is 0 Å². The fourth-order valence-electron chi connectivity index (χ4n) is 2.04. The van der Waals surface area contributed by atoms with Gasteiger partial charge in [-0.2, -0.15) is 0 Å². The molecule has 17 heavy (non-hydrogen) atoms. The maximum absolute atomic E-state index is 11.8. The van der Waals surface area contributed by atoms with Gasteiger partial charge in [0, 0.05) is 19.5 Å². The number of carbonyl (C=O) groups excluding carboxylic acids is 1. The summed E-state index contributed by atoms with van der Waals surface area (Å²) in [6.07, 6.45) is 10.6. The lowest BCUT2D eigenvalue weighted by atomic mass is 10.1. The molecular formula is C15H31NO. The van der Waals surface area contributed by atoms with Crippen molar-refractivity contribution in [3.8, 4) is 0 Å². The lowest BCUT2D eigenvalue weighted by molar-refractivity contribution is -0.131. The zero-order valence-electron chi connectivity index (χ0n) is 12.1. The molecule has 0 N–H and O–H groups in total. The minimum Gasteiger partial charge on any atom is -0.343 e. The third-order valence-electron chi connectivity index (χ3n) is 3.22. The number of unbranched alkanes of at least 4 members (excludes halogenated alkanes) is 6. The Bertz CT molecular complexity index is 168. The number of nitrogens with zero attached hydrogens (tertiary/aromatic N) is 1. The monoisotopic (exact) mass is 241 g/mol. The van der Waals surface area contributed by atoms with E-state index in [1.54, 1.807) is 0 Å². The molecule has 2 nitrogen and oxygen atoms in total. The van der Waals surface area contributed by atoms with Crippen molar-refractivity contribution >= 4 is 5.91 Å². The van der Waals surface area contributed by atoms with E-state index in [1.165, 1.54) is 51.4 Å². The maximum atomic E-state index is 11.8. The van der Waals surface area contributed by atoms with Gasteiger partial charge >= 0.3 is 0 Å². The topological polar surface area (TPSA) is 20.3 Å². The Morgan fingerprint density at radius 3 is 1.59 bits per heavy atom. The number of hydrogen-bond donors (Lipinski definition) is 0. The Kier molecular flexibility index (Phi) is 11.6. The Morgan fingerprint density at radius 1 is 0.765 bits per heavy atom. The molecule has 0 aliphatic rings. The molecule has 0 atom stereocenters. The van der Waals surface area contributed by atoms with Gasteiger partial charge in [0.25, 0.3) is 0 Å². The maximum Gasteiger partial charge on any atom is 0.222 e. The summed E-state index contributed by atoms with van der Waals surface area (Å²) in [7, 11) is 0. The third kappa shape index (κ3) is 9.20. The van der Waals surface area contributed by atoms with Crippen molar-refractivity contribution in [1.29, 1.82) is 0 Å². The summed E-state index contributed by atoms with van der Waals surface area (Å²) in [6, 6.07) is 0. The second-order valence-electron chi connectivity index (χ2n) is 4.86. The lowest BCUT2D eigenvalue weighted by Crippen LogP contribution is -2.32. The Morgan fingerprint density at radius 2 is 1.24 bits per heavy atom. The summed E-state index contributed by atoms with van der Waals surface area (Å²) in [5.41, 5.74) is 0. The standard InChI is InChI=1S/C15H31NO/c1-4-7-9-11-13-16(15(17)6-3)14-12-10-8-5-2/h4-14H2,1-3H3. The van der Waals surface area contributed by atoms with Crippen molar-refractivity contribution < 1.29 is 4.79 Å². The van der Waals surface area contributed by atoms with Crippen LogP contribution in [0.4, 0.5) is 0 Å². The van der Waals surface area contributed by atoms with Gasteiger partial charge in [0.15, 0.2) is 0 Å². The number of amides is 1. The first-order chi connectivity index (χ1) is 8.26. The first kappa shape index (κ1) is 16.5. The van der Waals surface area contributed by atoms with Gasteiger partial charge in [-0.15, -0.1) is 0 Å². The van der Waals surface area contributed by atoms with Crippen LogP contribution >= 0.6 is 0 Å². The zero-order valence-corrected chi connectivity index (χ0v) is 12.1. The Hall–Kier alpha value is -0.530. The third-order valence-corrected chi connectivity index (χ3v) is 3.22. The van der Waals surface area contributed by atoms with Gasteiger partial charge in [0.2, 0.25) is 5.91 Å². The molecule has 1 amide bonds. The van der Waals surface area contributed by atoms with Gasteiger partial charge in [-0.05, 0) is 12.8 Å². The van der Waals surface area contributed by atoms with Gasteiger partial charge in [0.05, 0.1) is 0 Å². The normalized spacial score (nSPS) is 10.5. The lowest BCUT2D eigenvalue weighted by Gasteiger charge is -2.22. The van der Waals surface area contributed by atoms with E-state index in [0.29, 0.717) is 12.3 Å². The molecule has 0 bridgehead atoms. The fourth-order valence-corrected chi connectivity index (χ4v) is 2.04. The van der Waals surface area contributed by atoms with Crippen LogP contribution in [0.25, 0.3) is 0 Å². The first-order valence-corrected chi connectivity index (χ1v) is 7.54. The van der Waals surface area contributed by atoms with Crippen molar-refractivity contribution in [1.82, 2.24) is 4.90 Å². The summed E-state index contributed by atoms with van der Waals surface area (Å²) in [4.78, 5) is 13.8. The van der Waals surface area contributed by atoms with Crippen molar-refractivity contribution in [2.45, 2.75) is 78.6 Å². The number of hydrogen-bond acceptors (Lipinski definition) is 1. The number of rotatable bonds is 11. The molecular weight excluding hydrogens is 210 g/mol. The molecule has 0 aromatic rings. The molecule has 2 heteroatoms. The molecule has 0 heterocycles. The average molecular weight is 241 g/mol. The van der Waals surface area contributed by atoms with E-state index in [2.05, 4.69) is 18.7 Å². The van der Waals surface area contributed by atoms with Crippen LogP contribution in [0.3, 0.4) is 0 Å². The summed E-state index contributed by atoms with van der Waals surface area (Å²) in [6.45, 7) is 8.35. The minimum atomic E-state index is 0.331. The van der Waals surface area contributed by atoms with Crippen molar-refractivity contribution in [2.75, 3.05) is 13.1 Å². The largest absolute Gasteiger partial charge is 0.343 e. The molecule has 0 saturated carbocycles. The number of carbonyl (C=O) groups is 1. The Labute approximate surface area is 108 Å². The molecule has 0 aliphatic heterocycles. The molecule has 0 rings (SSSR count). The highest BCUT2D eigenvalue weighted by Crippen LogP contribution is 2.06. The molecule has 0 aliphatic carbocycles. The van der Waals surface area contributed by atoms with E-state index in [4.69, 9.17) is 0 Å². The van der Waals surface area contributed by atoms with Crippen LogP contribution < -0.4 is 0 Å². The average Bonchev–Trinajstić information content (AvgIpc) is 2.36. The predicted molar refractivity (Wildman–Crippen MR) is 75.2 cm³/mol. The van der Waals surface area contributed by atoms with Crippen molar-refractivity contribution in [3.63, 3.8) is 0 Å².